The maximum absolute atomic E-state index is 12.6. The van der Waals surface area contributed by atoms with E-state index in [4.69, 9.17) is 9.84 Å². The molecule has 0 aliphatic heterocycles. The molecule has 0 aromatic heterocycles. The Balaban J connectivity index is 4.46. The van der Waals surface area contributed by atoms with Crippen molar-refractivity contribution in [1.82, 2.24) is 5.32 Å². The lowest BCUT2D eigenvalue weighted by Crippen LogP contribution is -2.28. The van der Waals surface area contributed by atoms with Gasteiger partial charge in [-0.1, -0.05) is 136 Å². The summed E-state index contributed by atoms with van der Waals surface area (Å²) in [4.78, 5) is 34.9. The van der Waals surface area contributed by atoms with Crippen LogP contribution in [-0.2, 0) is 19.1 Å². The van der Waals surface area contributed by atoms with Crippen LogP contribution in [0, 0.1) is 0 Å². The van der Waals surface area contributed by atoms with E-state index in [0.29, 0.717) is 25.7 Å². The SMILES string of the molecule is CC/C=C\C/C=C\C/C=C\C/C=C\C/C=C\C/C=C\CCC(=O)OC(/C=C\C/C=C\C/C=C\C/C=C\CC)CCCCCC(=O)NCC(=O)O. The molecule has 1 amide bonds. The number of carbonyl (C=O) groups is 3. The Hall–Kier alpha value is -4.19. The lowest BCUT2D eigenvalue weighted by molar-refractivity contribution is -0.147. The zero-order valence-electron chi connectivity index (χ0n) is 30.9. The zero-order chi connectivity index (χ0) is 36.6. The van der Waals surface area contributed by atoms with Gasteiger partial charge in [0.15, 0.2) is 0 Å². The lowest BCUT2D eigenvalue weighted by Gasteiger charge is -2.14. The largest absolute Gasteiger partial charge is 0.480 e. The Morgan fingerprint density at radius 3 is 1.40 bits per heavy atom. The minimum Gasteiger partial charge on any atom is -0.480 e. The monoisotopic (exact) mass is 687 g/mol. The first-order valence-corrected chi connectivity index (χ1v) is 18.7. The number of hydrogen-bond acceptors (Lipinski definition) is 4. The summed E-state index contributed by atoms with van der Waals surface area (Å²) in [5.74, 6) is -1.53. The number of rotatable bonds is 31. The topological polar surface area (TPSA) is 92.7 Å². The van der Waals surface area contributed by atoms with Crippen molar-refractivity contribution in [2.24, 2.45) is 0 Å². The molecule has 6 heteroatoms. The molecule has 1 atom stereocenters. The predicted octanol–water partition coefficient (Wildman–Crippen LogP) is 11.3. The van der Waals surface area contributed by atoms with Gasteiger partial charge in [0, 0.05) is 12.8 Å². The number of ether oxygens (including phenoxy) is 1. The van der Waals surface area contributed by atoms with Crippen LogP contribution in [0.4, 0.5) is 0 Å². The van der Waals surface area contributed by atoms with Crippen LogP contribution in [0.5, 0.6) is 0 Å². The molecule has 50 heavy (non-hydrogen) atoms. The van der Waals surface area contributed by atoms with Gasteiger partial charge in [-0.25, -0.2) is 0 Å². The summed E-state index contributed by atoms with van der Waals surface area (Å²) in [6.07, 6.45) is 56.2. The van der Waals surface area contributed by atoms with Crippen LogP contribution in [0.2, 0.25) is 0 Å². The normalized spacial score (nSPS) is 13.5. The number of aliphatic carboxylic acids is 1. The number of hydrogen-bond donors (Lipinski definition) is 2. The Kier molecular flexibility index (Phi) is 34.5. The van der Waals surface area contributed by atoms with Gasteiger partial charge >= 0.3 is 11.9 Å². The average Bonchev–Trinajstić information content (AvgIpc) is 3.10. The molecule has 2 N–H and O–H groups in total. The summed E-state index contributed by atoms with van der Waals surface area (Å²) < 4.78 is 5.79. The molecular formula is C44H65NO5. The fraction of sp³-hybridized carbons (Fsp3) is 0.477. The molecule has 0 heterocycles. The summed E-state index contributed by atoms with van der Waals surface area (Å²) in [5, 5.41) is 11.1. The molecule has 0 rings (SSSR count). The number of nitrogens with one attached hydrogen (secondary N) is 1. The molecule has 0 aliphatic carbocycles. The van der Waals surface area contributed by atoms with E-state index in [0.717, 1.165) is 77.0 Å². The summed E-state index contributed by atoms with van der Waals surface area (Å²) in [7, 11) is 0. The first kappa shape index (κ1) is 45.8. The van der Waals surface area contributed by atoms with Crippen LogP contribution >= 0.6 is 0 Å². The fourth-order valence-electron chi connectivity index (χ4n) is 4.45. The van der Waals surface area contributed by atoms with E-state index >= 15 is 0 Å². The van der Waals surface area contributed by atoms with Crippen molar-refractivity contribution in [2.45, 2.75) is 129 Å². The molecule has 0 radical (unpaired) electrons. The highest BCUT2D eigenvalue weighted by molar-refractivity contribution is 5.80. The van der Waals surface area contributed by atoms with Crippen LogP contribution in [0.3, 0.4) is 0 Å². The molecule has 0 saturated heterocycles. The van der Waals surface area contributed by atoms with Crippen molar-refractivity contribution in [3.8, 4) is 0 Å². The van der Waals surface area contributed by atoms with Crippen LogP contribution < -0.4 is 5.32 Å². The second-order valence-corrected chi connectivity index (χ2v) is 11.7. The van der Waals surface area contributed by atoms with Gasteiger partial charge in [-0.3, -0.25) is 14.4 Å². The van der Waals surface area contributed by atoms with E-state index in [2.05, 4.69) is 122 Å². The highest BCUT2D eigenvalue weighted by Gasteiger charge is 2.11. The Morgan fingerprint density at radius 2 is 0.960 bits per heavy atom. The predicted molar refractivity (Wildman–Crippen MR) is 212 cm³/mol. The molecule has 0 aliphatic rings. The second kappa shape index (κ2) is 37.6. The molecule has 0 bridgehead atoms. The zero-order valence-corrected chi connectivity index (χ0v) is 30.9. The van der Waals surface area contributed by atoms with Crippen LogP contribution in [0.1, 0.15) is 123 Å². The first-order chi connectivity index (χ1) is 24.5. The lowest BCUT2D eigenvalue weighted by atomic mass is 10.1. The Morgan fingerprint density at radius 1 is 0.540 bits per heavy atom. The molecule has 276 valence electrons. The minimum atomic E-state index is -1.05. The smallest absolute Gasteiger partial charge is 0.322 e. The van der Waals surface area contributed by atoms with Crippen LogP contribution in [0.15, 0.2) is 122 Å². The van der Waals surface area contributed by atoms with Gasteiger partial charge in [-0.05, 0) is 96.0 Å². The number of esters is 1. The quantitative estimate of drug-likeness (QED) is 0.0430. The number of carbonyl (C=O) groups excluding carboxylic acids is 2. The third-order valence-corrected chi connectivity index (χ3v) is 7.13. The van der Waals surface area contributed by atoms with Gasteiger partial charge in [-0.15, -0.1) is 0 Å². The van der Waals surface area contributed by atoms with E-state index in [9.17, 15) is 14.4 Å². The van der Waals surface area contributed by atoms with Gasteiger partial charge in [0.05, 0.1) is 0 Å². The molecule has 0 aromatic rings. The molecule has 0 aromatic carbocycles. The molecular weight excluding hydrogens is 622 g/mol. The Bertz CT molecular complexity index is 1160. The van der Waals surface area contributed by atoms with E-state index in [-0.39, 0.29) is 30.9 Å². The summed E-state index contributed by atoms with van der Waals surface area (Å²) in [6.45, 7) is 3.91. The van der Waals surface area contributed by atoms with E-state index in [1.165, 1.54) is 0 Å². The summed E-state index contributed by atoms with van der Waals surface area (Å²) in [6, 6.07) is 0. The van der Waals surface area contributed by atoms with Gasteiger partial charge in [-0.2, -0.15) is 0 Å². The van der Waals surface area contributed by atoms with E-state index < -0.39 is 5.97 Å². The van der Waals surface area contributed by atoms with Crippen molar-refractivity contribution in [1.29, 1.82) is 0 Å². The molecule has 1 unspecified atom stereocenters. The number of allylic oxidation sites excluding steroid dienone is 19. The number of unbranched alkanes of at least 4 members (excludes halogenated alkanes) is 2. The van der Waals surface area contributed by atoms with Gasteiger partial charge < -0.3 is 15.2 Å². The average molecular weight is 688 g/mol. The molecule has 0 saturated carbocycles. The second-order valence-electron chi connectivity index (χ2n) is 11.7. The van der Waals surface area contributed by atoms with Crippen LogP contribution in [0.25, 0.3) is 0 Å². The maximum Gasteiger partial charge on any atom is 0.322 e. The highest BCUT2D eigenvalue weighted by Crippen LogP contribution is 2.12. The van der Waals surface area contributed by atoms with E-state index in [1.54, 1.807) is 0 Å². The molecule has 0 spiro atoms. The van der Waals surface area contributed by atoms with E-state index in [1.807, 2.05) is 18.2 Å². The minimum absolute atomic E-state index is 0.218. The van der Waals surface area contributed by atoms with Crippen molar-refractivity contribution in [3.63, 3.8) is 0 Å². The van der Waals surface area contributed by atoms with Crippen molar-refractivity contribution in [3.05, 3.63) is 122 Å². The maximum atomic E-state index is 12.6. The number of carboxylic acids is 1. The molecule has 0 fully saturated rings. The highest BCUT2D eigenvalue weighted by atomic mass is 16.5. The van der Waals surface area contributed by atoms with Gasteiger partial charge in [0.2, 0.25) is 5.91 Å². The van der Waals surface area contributed by atoms with Gasteiger partial charge in [0.1, 0.15) is 12.6 Å². The third-order valence-electron chi connectivity index (χ3n) is 7.13. The van der Waals surface area contributed by atoms with Crippen LogP contribution in [-0.4, -0.2) is 35.6 Å². The Labute approximate surface area is 303 Å². The fourth-order valence-corrected chi connectivity index (χ4v) is 4.45. The first-order valence-electron chi connectivity index (χ1n) is 18.7. The standard InChI is InChI=1S/C44H65NO5/c1-3-5-7-9-11-13-15-16-17-18-19-20-21-22-24-26-28-30-35-39-44(49)50-41(37-33-31-34-38-42(46)45-40-43(47)48)36-32-29-27-25-23-14-12-10-8-6-4-2/h5-8,11-14,16-17,19-20,22,24-25,27-28,30,32,36,41H,3-4,9-10,15,18,21,23,26,29,31,33-35,37-40H2,1-2H3,(H,45,46)(H,47,48)/b7-5-,8-6-,13-11-,14-12-,17-16-,20-19-,24-22-,27-25-,30-28-,36-32-. The summed E-state index contributed by atoms with van der Waals surface area (Å²) in [5.41, 5.74) is 0. The van der Waals surface area contributed by atoms with Crippen molar-refractivity contribution in [2.75, 3.05) is 6.54 Å². The summed E-state index contributed by atoms with van der Waals surface area (Å²) >= 11 is 0. The third kappa shape index (κ3) is 36.6. The van der Waals surface area contributed by atoms with Gasteiger partial charge in [0.25, 0.3) is 0 Å². The molecule has 6 nitrogen and oxygen atoms in total. The van der Waals surface area contributed by atoms with Crippen molar-refractivity contribution < 1.29 is 24.2 Å². The number of amides is 1. The van der Waals surface area contributed by atoms with Crippen molar-refractivity contribution >= 4 is 17.8 Å². The number of carboxylic acid groups (broad SMARTS) is 1.